The van der Waals surface area contributed by atoms with Crippen molar-refractivity contribution in [1.82, 2.24) is 4.31 Å². The highest BCUT2D eigenvalue weighted by atomic mass is 35.5. The van der Waals surface area contributed by atoms with Gasteiger partial charge in [0, 0.05) is 19.3 Å². The normalized spacial score (nSPS) is 22.9. The molecule has 0 heterocycles. The van der Waals surface area contributed by atoms with Gasteiger partial charge in [-0.15, -0.1) is 0 Å². The number of halogens is 2. The monoisotopic (exact) mass is 322 g/mol. The second-order valence-corrected chi connectivity index (χ2v) is 7.51. The van der Waals surface area contributed by atoms with Gasteiger partial charge in [0.1, 0.15) is 4.90 Å². The molecule has 0 aromatic heterocycles. The predicted molar refractivity (Wildman–Crippen MR) is 74.4 cm³/mol. The zero-order valence-corrected chi connectivity index (χ0v) is 12.5. The molecule has 1 aromatic carbocycles. The van der Waals surface area contributed by atoms with E-state index >= 15 is 0 Å². The second kappa shape index (κ2) is 5.48. The summed E-state index contributed by atoms with van der Waals surface area (Å²) in [5.74, 6) is -0.911. The zero-order chi connectivity index (χ0) is 15.1. The molecule has 1 aromatic rings. The largest absolute Gasteiger partial charge is 0.399 e. The third-order valence-corrected chi connectivity index (χ3v) is 5.53. The van der Waals surface area contributed by atoms with Crippen molar-refractivity contribution in [2.24, 2.45) is 5.92 Å². The summed E-state index contributed by atoms with van der Waals surface area (Å²) in [6, 6.07) is 2.22. The van der Waals surface area contributed by atoms with Gasteiger partial charge in [-0.1, -0.05) is 11.6 Å². The van der Waals surface area contributed by atoms with E-state index in [0.29, 0.717) is 12.8 Å². The molecule has 0 amide bonds. The molecule has 0 aliphatic heterocycles. The molecule has 2 rings (SSSR count). The molecular weight excluding hydrogens is 307 g/mol. The summed E-state index contributed by atoms with van der Waals surface area (Å²) in [4.78, 5) is -0.523. The fourth-order valence-corrected chi connectivity index (χ4v) is 3.90. The molecule has 0 spiro atoms. The van der Waals surface area contributed by atoms with Gasteiger partial charge in [-0.3, -0.25) is 0 Å². The van der Waals surface area contributed by atoms with E-state index in [1.165, 1.54) is 7.05 Å². The van der Waals surface area contributed by atoms with Crippen LogP contribution in [0.1, 0.15) is 12.8 Å². The Morgan fingerprint density at radius 1 is 1.50 bits per heavy atom. The Morgan fingerprint density at radius 3 is 2.65 bits per heavy atom. The average molecular weight is 323 g/mol. The molecule has 3 N–H and O–H groups in total. The first kappa shape index (κ1) is 15.5. The number of nitrogens with two attached hydrogens (primary N) is 1. The molecule has 1 fully saturated rings. The van der Waals surface area contributed by atoms with Crippen molar-refractivity contribution in [3.05, 3.63) is 23.0 Å². The number of aliphatic hydroxyl groups excluding tert-OH is 1. The molecule has 0 bridgehead atoms. The summed E-state index contributed by atoms with van der Waals surface area (Å²) in [7, 11) is -2.62. The van der Waals surface area contributed by atoms with Crippen LogP contribution in [0.4, 0.5) is 10.1 Å². The molecule has 20 heavy (non-hydrogen) atoms. The molecule has 0 unspecified atom stereocenters. The van der Waals surface area contributed by atoms with Gasteiger partial charge >= 0.3 is 0 Å². The van der Waals surface area contributed by atoms with Crippen LogP contribution in [0, 0.1) is 11.7 Å². The number of hydrogen-bond donors (Lipinski definition) is 2. The van der Waals surface area contributed by atoms with Crippen LogP contribution in [0.5, 0.6) is 0 Å². The van der Waals surface area contributed by atoms with Crippen LogP contribution in [0.3, 0.4) is 0 Å². The summed E-state index contributed by atoms with van der Waals surface area (Å²) in [5, 5.41) is 8.88. The average Bonchev–Trinajstić information content (AvgIpc) is 2.31. The summed E-state index contributed by atoms with van der Waals surface area (Å²) >= 11 is 5.62. The van der Waals surface area contributed by atoms with Crippen molar-refractivity contribution in [2.45, 2.75) is 23.8 Å². The molecule has 8 heteroatoms. The number of sulfonamides is 1. The van der Waals surface area contributed by atoms with E-state index in [9.17, 15) is 17.9 Å². The fourth-order valence-electron chi connectivity index (χ4n) is 2.25. The summed E-state index contributed by atoms with van der Waals surface area (Å²) in [5.41, 5.74) is 5.60. The van der Waals surface area contributed by atoms with Crippen molar-refractivity contribution in [3.8, 4) is 0 Å². The van der Waals surface area contributed by atoms with Crippen LogP contribution in [0.25, 0.3) is 0 Å². The number of benzene rings is 1. The first-order chi connectivity index (χ1) is 9.21. The second-order valence-electron chi connectivity index (χ2n) is 5.09. The first-order valence-corrected chi connectivity index (χ1v) is 7.92. The lowest BCUT2D eigenvalue weighted by atomic mass is 9.82. The van der Waals surface area contributed by atoms with Gasteiger partial charge in [0.2, 0.25) is 10.0 Å². The number of nitrogen functional groups attached to an aromatic ring is 1. The Kier molecular flexibility index (Phi) is 4.24. The number of nitrogens with zero attached hydrogens (tertiary/aromatic N) is 1. The van der Waals surface area contributed by atoms with Crippen molar-refractivity contribution in [2.75, 3.05) is 19.3 Å². The Hall–Kier alpha value is -0.890. The molecule has 1 aliphatic carbocycles. The lowest BCUT2D eigenvalue weighted by molar-refractivity contribution is 0.0367. The lowest BCUT2D eigenvalue weighted by Crippen LogP contribution is -2.39. The quantitative estimate of drug-likeness (QED) is 0.822. The number of aliphatic hydroxyl groups is 1. The number of rotatable bonds is 4. The van der Waals surface area contributed by atoms with E-state index < -0.39 is 20.7 Å². The van der Waals surface area contributed by atoms with E-state index in [1.54, 1.807) is 0 Å². The molecule has 1 aliphatic rings. The van der Waals surface area contributed by atoms with Crippen molar-refractivity contribution in [3.63, 3.8) is 0 Å². The van der Waals surface area contributed by atoms with Gasteiger partial charge < -0.3 is 10.8 Å². The van der Waals surface area contributed by atoms with E-state index in [1.807, 2.05) is 0 Å². The molecule has 5 nitrogen and oxygen atoms in total. The fraction of sp³-hybridized carbons (Fsp3) is 0.500. The molecule has 112 valence electrons. The maximum absolute atomic E-state index is 13.9. The van der Waals surface area contributed by atoms with Crippen molar-refractivity contribution in [1.29, 1.82) is 0 Å². The highest BCUT2D eigenvalue weighted by molar-refractivity contribution is 7.89. The maximum Gasteiger partial charge on any atom is 0.245 e. The van der Waals surface area contributed by atoms with Gasteiger partial charge in [0.05, 0.1) is 11.1 Å². The van der Waals surface area contributed by atoms with Crippen LogP contribution in [-0.2, 0) is 10.0 Å². The minimum Gasteiger partial charge on any atom is -0.399 e. The minimum atomic E-state index is -3.99. The predicted octanol–water partition coefficient (Wildman–Crippen LogP) is 1.45. The number of anilines is 1. The van der Waals surface area contributed by atoms with Crippen LogP contribution < -0.4 is 5.73 Å². The van der Waals surface area contributed by atoms with Crippen LogP contribution >= 0.6 is 11.6 Å². The molecular formula is C12H16ClFN2O3S. The Labute approximate surface area is 122 Å². The summed E-state index contributed by atoms with van der Waals surface area (Å²) in [6.07, 6.45) is 0.745. The van der Waals surface area contributed by atoms with Gasteiger partial charge in [0.15, 0.2) is 5.82 Å². The van der Waals surface area contributed by atoms with Crippen LogP contribution in [-0.4, -0.2) is 37.5 Å². The Balaban J connectivity index is 2.25. The lowest BCUT2D eigenvalue weighted by Gasteiger charge is -2.34. The smallest absolute Gasteiger partial charge is 0.245 e. The standard InChI is InChI=1S/C12H16ClFN2O3S/c1-16(6-7-2-9(17)3-7)20(18,19)11-5-8(15)4-10(13)12(11)14/h4-5,7,9,17H,2-3,6,15H2,1H3. The number of hydrogen-bond acceptors (Lipinski definition) is 4. The van der Waals surface area contributed by atoms with Gasteiger partial charge in [0.25, 0.3) is 0 Å². The summed E-state index contributed by atoms with van der Waals surface area (Å²) < 4.78 is 39.6. The SMILES string of the molecule is CN(CC1CC(O)C1)S(=O)(=O)c1cc(N)cc(Cl)c1F. The highest BCUT2D eigenvalue weighted by Crippen LogP contribution is 2.31. The third kappa shape index (κ3) is 2.90. The van der Waals surface area contributed by atoms with Gasteiger partial charge in [-0.25, -0.2) is 17.1 Å². The zero-order valence-electron chi connectivity index (χ0n) is 10.9. The Morgan fingerprint density at radius 2 is 2.10 bits per heavy atom. The van der Waals surface area contributed by atoms with E-state index in [2.05, 4.69) is 0 Å². The molecule has 0 radical (unpaired) electrons. The van der Waals surface area contributed by atoms with Crippen LogP contribution in [0.2, 0.25) is 5.02 Å². The minimum absolute atomic E-state index is 0.0856. The topological polar surface area (TPSA) is 83.6 Å². The van der Waals surface area contributed by atoms with E-state index in [4.69, 9.17) is 17.3 Å². The third-order valence-electron chi connectivity index (χ3n) is 3.43. The molecule has 0 atom stereocenters. The van der Waals surface area contributed by atoms with Crippen molar-refractivity contribution >= 4 is 27.3 Å². The first-order valence-electron chi connectivity index (χ1n) is 6.10. The van der Waals surface area contributed by atoms with Gasteiger partial charge in [-0.05, 0) is 30.9 Å². The van der Waals surface area contributed by atoms with E-state index in [0.717, 1.165) is 16.4 Å². The summed E-state index contributed by atoms with van der Waals surface area (Å²) in [6.45, 7) is 0.227. The maximum atomic E-state index is 13.9. The van der Waals surface area contributed by atoms with Crippen molar-refractivity contribution < 1.29 is 17.9 Å². The van der Waals surface area contributed by atoms with Crippen LogP contribution in [0.15, 0.2) is 17.0 Å². The van der Waals surface area contributed by atoms with E-state index in [-0.39, 0.29) is 29.3 Å². The van der Waals surface area contributed by atoms with Gasteiger partial charge in [-0.2, -0.15) is 0 Å². The Bertz CT molecular complexity index is 617. The molecule has 0 saturated heterocycles. The molecule has 1 saturated carbocycles. The highest BCUT2D eigenvalue weighted by Gasteiger charge is 2.33.